The second-order valence-corrected chi connectivity index (χ2v) is 8.01. The van der Waals surface area contributed by atoms with Crippen LogP contribution in [-0.2, 0) is 14.9 Å². The van der Waals surface area contributed by atoms with Crippen molar-refractivity contribution in [2.24, 2.45) is 4.99 Å². The lowest BCUT2D eigenvalue weighted by Gasteiger charge is -2.28. The number of ether oxygens (including phenoxy) is 2. The van der Waals surface area contributed by atoms with E-state index in [1.807, 2.05) is 0 Å². The number of benzene rings is 1. The number of rotatable bonds is 9. The van der Waals surface area contributed by atoms with Gasteiger partial charge >= 0.3 is 0 Å². The van der Waals surface area contributed by atoms with Gasteiger partial charge in [0, 0.05) is 38.3 Å². The van der Waals surface area contributed by atoms with E-state index in [1.54, 1.807) is 0 Å². The van der Waals surface area contributed by atoms with Crippen LogP contribution in [0.15, 0.2) is 35.3 Å². The second kappa shape index (κ2) is 11.4. The Morgan fingerprint density at radius 2 is 1.89 bits per heavy atom. The number of nitrogens with one attached hydrogen (secondary N) is 2. The zero-order valence-corrected chi connectivity index (χ0v) is 17.4. The van der Waals surface area contributed by atoms with Gasteiger partial charge in [0.25, 0.3) is 0 Å². The van der Waals surface area contributed by atoms with Gasteiger partial charge in [-0.3, -0.25) is 4.99 Å². The number of guanidine groups is 1. The summed E-state index contributed by atoms with van der Waals surface area (Å²) in [6, 6.07) is 11.0. The first-order valence-corrected chi connectivity index (χ1v) is 11.1. The third-order valence-electron chi connectivity index (χ3n) is 5.97. The van der Waals surface area contributed by atoms with E-state index in [2.05, 4.69) is 47.9 Å². The van der Waals surface area contributed by atoms with Crippen LogP contribution in [0.1, 0.15) is 57.4 Å². The first-order valence-electron chi connectivity index (χ1n) is 11.1. The summed E-state index contributed by atoms with van der Waals surface area (Å²) < 4.78 is 11.3. The van der Waals surface area contributed by atoms with Crippen LogP contribution in [0.4, 0.5) is 0 Å². The van der Waals surface area contributed by atoms with Gasteiger partial charge in [-0.1, -0.05) is 43.2 Å². The van der Waals surface area contributed by atoms with Gasteiger partial charge in [0.15, 0.2) is 5.96 Å². The Kier molecular flexibility index (Phi) is 8.62. The molecule has 0 amide bonds. The molecule has 0 aromatic heterocycles. The fraction of sp³-hybridized carbons (Fsp3) is 0.696. The lowest BCUT2D eigenvalue weighted by Crippen LogP contribution is -2.39. The Morgan fingerprint density at radius 1 is 1.14 bits per heavy atom. The molecule has 2 aliphatic rings. The molecule has 0 unspecified atom stereocenters. The van der Waals surface area contributed by atoms with Crippen LogP contribution in [0.3, 0.4) is 0 Å². The van der Waals surface area contributed by atoms with Crippen molar-refractivity contribution < 1.29 is 9.47 Å². The van der Waals surface area contributed by atoms with E-state index in [0.717, 1.165) is 64.7 Å². The third kappa shape index (κ3) is 6.21. The molecule has 0 radical (unpaired) electrons. The van der Waals surface area contributed by atoms with Crippen molar-refractivity contribution in [2.45, 2.75) is 63.4 Å². The minimum absolute atomic E-state index is 0.204. The molecule has 156 valence electrons. The first kappa shape index (κ1) is 21.1. The predicted molar refractivity (Wildman–Crippen MR) is 115 cm³/mol. The van der Waals surface area contributed by atoms with Crippen LogP contribution in [-0.4, -0.2) is 51.5 Å². The van der Waals surface area contributed by atoms with E-state index in [9.17, 15) is 0 Å². The fourth-order valence-corrected chi connectivity index (χ4v) is 4.33. The highest BCUT2D eigenvalue weighted by molar-refractivity contribution is 5.79. The van der Waals surface area contributed by atoms with Gasteiger partial charge in [0.05, 0.1) is 12.6 Å². The monoisotopic (exact) mass is 387 g/mol. The molecule has 1 heterocycles. The molecule has 1 saturated carbocycles. The van der Waals surface area contributed by atoms with E-state index in [0.29, 0.717) is 6.10 Å². The predicted octanol–water partition coefficient (Wildman–Crippen LogP) is 3.64. The molecule has 1 aliphatic heterocycles. The lowest BCUT2D eigenvalue weighted by atomic mass is 9.79. The molecule has 1 aromatic rings. The normalized spacial score (nSPS) is 20.2. The molecule has 0 bridgehead atoms. The third-order valence-corrected chi connectivity index (χ3v) is 5.97. The molecule has 2 N–H and O–H groups in total. The van der Waals surface area contributed by atoms with Gasteiger partial charge in [-0.25, -0.2) is 0 Å². The summed E-state index contributed by atoms with van der Waals surface area (Å²) in [5, 5.41) is 6.88. The summed E-state index contributed by atoms with van der Waals surface area (Å²) in [6.45, 7) is 7.20. The Morgan fingerprint density at radius 3 is 2.61 bits per heavy atom. The molecule has 2 fully saturated rings. The summed E-state index contributed by atoms with van der Waals surface area (Å²) in [4.78, 5) is 4.97. The van der Waals surface area contributed by atoms with E-state index >= 15 is 0 Å². The van der Waals surface area contributed by atoms with Crippen molar-refractivity contribution in [1.29, 1.82) is 0 Å². The van der Waals surface area contributed by atoms with Crippen LogP contribution in [0.2, 0.25) is 0 Å². The summed E-state index contributed by atoms with van der Waals surface area (Å²) in [7, 11) is 0. The second-order valence-electron chi connectivity index (χ2n) is 8.01. The number of aliphatic imine (C=N–C) groups is 1. The average molecular weight is 388 g/mol. The molecule has 28 heavy (non-hydrogen) atoms. The van der Waals surface area contributed by atoms with Crippen molar-refractivity contribution in [1.82, 2.24) is 10.6 Å². The van der Waals surface area contributed by atoms with E-state index < -0.39 is 0 Å². The van der Waals surface area contributed by atoms with Crippen LogP contribution in [0.5, 0.6) is 0 Å². The van der Waals surface area contributed by atoms with Gasteiger partial charge in [-0.2, -0.15) is 0 Å². The van der Waals surface area contributed by atoms with Gasteiger partial charge in [0.1, 0.15) is 0 Å². The highest BCUT2D eigenvalue weighted by Crippen LogP contribution is 2.41. The minimum atomic E-state index is 0.204. The van der Waals surface area contributed by atoms with Gasteiger partial charge < -0.3 is 20.1 Å². The first-order chi connectivity index (χ1) is 13.8. The maximum Gasteiger partial charge on any atom is 0.191 e. The fourth-order valence-electron chi connectivity index (χ4n) is 4.33. The highest BCUT2D eigenvalue weighted by atomic mass is 16.5. The average Bonchev–Trinajstić information content (AvgIpc) is 3.23. The van der Waals surface area contributed by atoms with Crippen LogP contribution >= 0.6 is 0 Å². The number of nitrogens with zero attached hydrogens (tertiary/aromatic N) is 1. The Bertz CT molecular complexity index is 579. The van der Waals surface area contributed by atoms with Crippen molar-refractivity contribution in [2.75, 3.05) is 39.5 Å². The molecular formula is C23H37N3O2. The lowest BCUT2D eigenvalue weighted by molar-refractivity contribution is -0.0320. The molecule has 1 saturated heterocycles. The molecule has 3 rings (SSSR count). The van der Waals surface area contributed by atoms with E-state index in [1.165, 1.54) is 31.2 Å². The molecule has 5 heteroatoms. The Labute approximate surface area is 170 Å². The topological polar surface area (TPSA) is 54.9 Å². The van der Waals surface area contributed by atoms with Crippen molar-refractivity contribution >= 4 is 5.96 Å². The molecule has 1 aromatic carbocycles. The SMILES string of the molecule is CCNC(=NCC1(c2ccccc2)CCCC1)NCCCOC1CCOCC1. The van der Waals surface area contributed by atoms with Crippen LogP contribution in [0.25, 0.3) is 0 Å². The summed E-state index contributed by atoms with van der Waals surface area (Å²) in [5.41, 5.74) is 1.65. The summed E-state index contributed by atoms with van der Waals surface area (Å²) in [6.07, 6.45) is 8.50. The molecule has 1 aliphatic carbocycles. The van der Waals surface area contributed by atoms with Gasteiger partial charge in [-0.05, 0) is 44.6 Å². The van der Waals surface area contributed by atoms with Crippen molar-refractivity contribution in [3.05, 3.63) is 35.9 Å². The maximum absolute atomic E-state index is 5.96. The zero-order chi connectivity index (χ0) is 19.5. The molecule has 0 atom stereocenters. The quantitative estimate of drug-likeness (QED) is 0.386. The van der Waals surface area contributed by atoms with E-state index in [4.69, 9.17) is 14.5 Å². The maximum atomic E-state index is 5.96. The molecule has 0 spiro atoms. The van der Waals surface area contributed by atoms with E-state index in [-0.39, 0.29) is 5.41 Å². The van der Waals surface area contributed by atoms with Gasteiger partial charge in [-0.15, -0.1) is 0 Å². The minimum Gasteiger partial charge on any atom is -0.381 e. The highest BCUT2D eigenvalue weighted by Gasteiger charge is 2.35. The standard InChI is InChI=1S/C23H37N3O2/c1-2-24-22(25-15-8-16-28-21-11-17-27-18-12-21)26-19-23(13-6-7-14-23)20-9-4-3-5-10-20/h3-5,9-10,21H,2,6-8,11-19H2,1H3,(H2,24,25,26). The zero-order valence-electron chi connectivity index (χ0n) is 17.4. The smallest absolute Gasteiger partial charge is 0.191 e. The largest absolute Gasteiger partial charge is 0.381 e. The van der Waals surface area contributed by atoms with Gasteiger partial charge in [0.2, 0.25) is 0 Å². The summed E-state index contributed by atoms with van der Waals surface area (Å²) >= 11 is 0. The van der Waals surface area contributed by atoms with Crippen molar-refractivity contribution in [3.63, 3.8) is 0 Å². The Hall–Kier alpha value is -1.59. The van der Waals surface area contributed by atoms with Crippen LogP contribution in [0, 0.1) is 0 Å². The Balaban J connectivity index is 1.47. The van der Waals surface area contributed by atoms with Crippen molar-refractivity contribution in [3.8, 4) is 0 Å². The molecular weight excluding hydrogens is 350 g/mol. The molecule has 5 nitrogen and oxygen atoms in total. The number of hydrogen-bond donors (Lipinski definition) is 2. The van der Waals surface area contributed by atoms with Crippen LogP contribution < -0.4 is 10.6 Å². The number of hydrogen-bond acceptors (Lipinski definition) is 3. The summed E-state index contributed by atoms with van der Waals surface area (Å²) in [5.74, 6) is 0.927.